The number of pyridine rings is 1. The molecule has 0 saturated heterocycles. The fourth-order valence-electron chi connectivity index (χ4n) is 1.33. The summed E-state index contributed by atoms with van der Waals surface area (Å²) in [5.41, 5.74) is 0.476. The van der Waals surface area contributed by atoms with E-state index in [1.165, 1.54) is 0 Å². The summed E-state index contributed by atoms with van der Waals surface area (Å²) in [6.07, 6.45) is 4.20. The lowest BCUT2D eigenvalue weighted by molar-refractivity contribution is 0.965. The first kappa shape index (κ1) is 7.81. The summed E-state index contributed by atoms with van der Waals surface area (Å²) in [5, 5.41) is 8.66. The molecule has 0 atom stereocenters. The minimum atomic E-state index is 0.476. The first-order valence-corrected chi connectivity index (χ1v) is 4.17. The Morgan fingerprint density at radius 2 is 2.08 bits per heavy atom. The van der Waals surface area contributed by atoms with Crippen molar-refractivity contribution < 1.29 is 0 Å². The Labute approximate surface area is 76.9 Å². The molecular weight excluding hydrogens is 162 g/mol. The molecule has 1 aliphatic rings. The van der Waals surface area contributed by atoms with Crippen LogP contribution in [0.4, 0.5) is 5.82 Å². The molecule has 1 aromatic heterocycles. The highest BCUT2D eigenvalue weighted by atomic mass is 15.2. The lowest BCUT2D eigenvalue weighted by Gasteiger charge is -2.15. The molecule has 3 heteroatoms. The maximum Gasteiger partial charge on any atom is 0.142 e. The number of hydrogen-bond donors (Lipinski definition) is 0. The SMILES string of the molecule is N#Cc1cccc(N2CC=CC2)n1. The lowest BCUT2D eigenvalue weighted by Crippen LogP contribution is -2.19. The van der Waals surface area contributed by atoms with Gasteiger partial charge in [0.2, 0.25) is 0 Å². The van der Waals surface area contributed by atoms with Crippen molar-refractivity contribution in [2.24, 2.45) is 0 Å². The van der Waals surface area contributed by atoms with E-state index in [-0.39, 0.29) is 0 Å². The number of hydrogen-bond acceptors (Lipinski definition) is 3. The predicted octanol–water partition coefficient (Wildman–Crippen LogP) is 1.33. The fraction of sp³-hybridized carbons (Fsp3) is 0.200. The van der Waals surface area contributed by atoms with Crippen LogP contribution in [0.15, 0.2) is 30.4 Å². The van der Waals surface area contributed by atoms with Gasteiger partial charge < -0.3 is 4.90 Å². The largest absolute Gasteiger partial charge is 0.349 e. The van der Waals surface area contributed by atoms with Crippen molar-refractivity contribution in [3.05, 3.63) is 36.0 Å². The third kappa shape index (κ3) is 1.52. The van der Waals surface area contributed by atoms with E-state index in [1.807, 2.05) is 18.2 Å². The van der Waals surface area contributed by atoms with Crippen LogP contribution in [0.3, 0.4) is 0 Å². The zero-order chi connectivity index (χ0) is 9.10. The first-order chi connectivity index (χ1) is 6.40. The molecule has 0 unspecified atom stereocenters. The van der Waals surface area contributed by atoms with Crippen molar-refractivity contribution in [1.29, 1.82) is 5.26 Å². The van der Waals surface area contributed by atoms with E-state index in [1.54, 1.807) is 6.07 Å². The van der Waals surface area contributed by atoms with E-state index in [0.29, 0.717) is 5.69 Å². The van der Waals surface area contributed by atoms with Gasteiger partial charge in [0.1, 0.15) is 17.6 Å². The van der Waals surface area contributed by atoms with Crippen molar-refractivity contribution >= 4 is 5.82 Å². The van der Waals surface area contributed by atoms with Gasteiger partial charge in [-0.05, 0) is 12.1 Å². The highest BCUT2D eigenvalue weighted by Crippen LogP contribution is 2.13. The number of anilines is 1. The van der Waals surface area contributed by atoms with Crippen LogP contribution in [0, 0.1) is 11.3 Å². The standard InChI is InChI=1S/C10H9N3/c11-8-9-4-3-5-10(12-9)13-6-1-2-7-13/h1-5H,6-7H2. The van der Waals surface area contributed by atoms with Gasteiger partial charge in [0.05, 0.1) is 0 Å². The van der Waals surface area contributed by atoms with Crippen molar-refractivity contribution in [2.75, 3.05) is 18.0 Å². The van der Waals surface area contributed by atoms with Gasteiger partial charge in [0.15, 0.2) is 0 Å². The van der Waals surface area contributed by atoms with Crippen LogP contribution in [-0.2, 0) is 0 Å². The number of nitrogens with zero attached hydrogens (tertiary/aromatic N) is 3. The molecule has 13 heavy (non-hydrogen) atoms. The Bertz CT molecular complexity index is 368. The van der Waals surface area contributed by atoms with E-state index in [2.05, 4.69) is 22.0 Å². The monoisotopic (exact) mass is 171 g/mol. The van der Waals surface area contributed by atoms with E-state index in [4.69, 9.17) is 5.26 Å². The molecule has 2 rings (SSSR count). The third-order valence-corrected chi connectivity index (χ3v) is 1.99. The van der Waals surface area contributed by atoms with Gasteiger partial charge in [-0.25, -0.2) is 4.98 Å². The highest BCUT2D eigenvalue weighted by molar-refractivity contribution is 5.44. The van der Waals surface area contributed by atoms with Crippen LogP contribution >= 0.6 is 0 Å². The molecule has 1 aliphatic heterocycles. The third-order valence-electron chi connectivity index (χ3n) is 1.99. The molecule has 0 aliphatic carbocycles. The molecule has 0 amide bonds. The molecular formula is C10H9N3. The zero-order valence-corrected chi connectivity index (χ0v) is 7.14. The molecule has 0 radical (unpaired) electrons. The Kier molecular flexibility index (Phi) is 1.97. The van der Waals surface area contributed by atoms with Crippen LogP contribution < -0.4 is 4.90 Å². The molecule has 64 valence electrons. The summed E-state index contributed by atoms with van der Waals surface area (Å²) >= 11 is 0. The minimum absolute atomic E-state index is 0.476. The molecule has 0 aromatic carbocycles. The predicted molar refractivity (Wildman–Crippen MR) is 50.3 cm³/mol. The molecule has 2 heterocycles. The van der Waals surface area contributed by atoms with E-state index in [0.717, 1.165) is 18.9 Å². The first-order valence-electron chi connectivity index (χ1n) is 4.17. The fourth-order valence-corrected chi connectivity index (χ4v) is 1.33. The van der Waals surface area contributed by atoms with Gasteiger partial charge >= 0.3 is 0 Å². The second-order valence-corrected chi connectivity index (χ2v) is 2.87. The Morgan fingerprint density at radius 3 is 2.77 bits per heavy atom. The van der Waals surface area contributed by atoms with Crippen LogP contribution in [0.5, 0.6) is 0 Å². The van der Waals surface area contributed by atoms with Crippen LogP contribution in [0.25, 0.3) is 0 Å². The van der Waals surface area contributed by atoms with Crippen molar-refractivity contribution in [3.8, 4) is 6.07 Å². The molecule has 1 aromatic rings. The minimum Gasteiger partial charge on any atom is -0.349 e. The molecule has 0 saturated carbocycles. The molecule has 0 bridgehead atoms. The summed E-state index contributed by atoms with van der Waals surface area (Å²) in [5.74, 6) is 0.879. The van der Waals surface area contributed by atoms with Crippen molar-refractivity contribution in [2.45, 2.75) is 0 Å². The molecule has 0 N–H and O–H groups in total. The summed E-state index contributed by atoms with van der Waals surface area (Å²) in [4.78, 5) is 6.31. The van der Waals surface area contributed by atoms with Crippen LogP contribution in [0.2, 0.25) is 0 Å². The summed E-state index contributed by atoms with van der Waals surface area (Å²) in [6, 6.07) is 7.53. The van der Waals surface area contributed by atoms with Gasteiger partial charge in [-0.2, -0.15) is 5.26 Å². The number of rotatable bonds is 1. The average Bonchev–Trinajstić information content (AvgIpc) is 2.71. The van der Waals surface area contributed by atoms with Gasteiger partial charge in [0, 0.05) is 13.1 Å². The van der Waals surface area contributed by atoms with Crippen molar-refractivity contribution in [1.82, 2.24) is 4.98 Å². The van der Waals surface area contributed by atoms with Gasteiger partial charge in [-0.1, -0.05) is 18.2 Å². The number of nitriles is 1. The maximum absolute atomic E-state index is 8.66. The molecule has 0 fully saturated rings. The Balaban J connectivity index is 2.26. The Hall–Kier alpha value is -1.82. The summed E-state index contributed by atoms with van der Waals surface area (Å²) in [6.45, 7) is 1.78. The molecule has 0 spiro atoms. The van der Waals surface area contributed by atoms with E-state index >= 15 is 0 Å². The average molecular weight is 171 g/mol. The smallest absolute Gasteiger partial charge is 0.142 e. The normalized spacial score (nSPS) is 14.5. The second kappa shape index (κ2) is 3.28. The van der Waals surface area contributed by atoms with Gasteiger partial charge in [-0.3, -0.25) is 0 Å². The van der Waals surface area contributed by atoms with Crippen LogP contribution in [0.1, 0.15) is 5.69 Å². The van der Waals surface area contributed by atoms with Crippen LogP contribution in [-0.4, -0.2) is 18.1 Å². The van der Waals surface area contributed by atoms with E-state index < -0.39 is 0 Å². The Morgan fingerprint density at radius 1 is 1.31 bits per heavy atom. The summed E-state index contributed by atoms with van der Waals surface area (Å²) < 4.78 is 0. The highest BCUT2D eigenvalue weighted by Gasteiger charge is 2.08. The molecule has 3 nitrogen and oxygen atoms in total. The van der Waals surface area contributed by atoms with E-state index in [9.17, 15) is 0 Å². The van der Waals surface area contributed by atoms with Crippen molar-refractivity contribution in [3.63, 3.8) is 0 Å². The lowest BCUT2D eigenvalue weighted by atomic mass is 10.3. The number of aromatic nitrogens is 1. The van der Waals surface area contributed by atoms with Gasteiger partial charge in [-0.15, -0.1) is 0 Å². The summed E-state index contributed by atoms with van der Waals surface area (Å²) in [7, 11) is 0. The topological polar surface area (TPSA) is 39.9 Å². The van der Waals surface area contributed by atoms with Gasteiger partial charge in [0.25, 0.3) is 0 Å². The second-order valence-electron chi connectivity index (χ2n) is 2.87. The maximum atomic E-state index is 8.66. The quantitative estimate of drug-likeness (QED) is 0.598. The zero-order valence-electron chi connectivity index (χ0n) is 7.14.